The molecule has 1 aromatic carbocycles. The number of aliphatic carboxylic acids is 1. The van der Waals surface area contributed by atoms with E-state index in [9.17, 15) is 14.4 Å². The molecular formula is C25H32FN3O4. The molecule has 0 amide bonds. The van der Waals surface area contributed by atoms with E-state index in [0.29, 0.717) is 24.0 Å². The quantitative estimate of drug-likeness (QED) is 0.447. The maximum atomic E-state index is 15.1. The minimum atomic E-state index is -1.03. The minimum Gasteiger partial charge on any atom is -0.478 e. The van der Waals surface area contributed by atoms with Crippen LogP contribution < -0.4 is 16.6 Å². The molecule has 178 valence electrons. The number of benzene rings is 1. The SMILES string of the molecule is O=C(O)C=CCCCn1c(=O)c2cc(F)c(NC3CCCCC3)cc2n(C2CCCC2)c1=O. The number of nitrogens with one attached hydrogen (secondary N) is 1. The fourth-order valence-corrected chi connectivity index (χ4v) is 5.24. The Balaban J connectivity index is 1.74. The number of carboxylic acid groups (broad SMARTS) is 1. The van der Waals surface area contributed by atoms with Crippen LogP contribution in [-0.2, 0) is 11.3 Å². The molecule has 2 aromatic rings. The second-order valence-corrected chi connectivity index (χ2v) is 9.26. The average molecular weight is 458 g/mol. The number of hydrogen-bond acceptors (Lipinski definition) is 4. The smallest absolute Gasteiger partial charge is 0.331 e. The largest absolute Gasteiger partial charge is 0.478 e. The molecule has 1 heterocycles. The monoisotopic (exact) mass is 457 g/mol. The Hall–Kier alpha value is -2.90. The van der Waals surface area contributed by atoms with Crippen LogP contribution in [0.15, 0.2) is 33.9 Å². The summed E-state index contributed by atoms with van der Waals surface area (Å²) < 4.78 is 17.9. The van der Waals surface area contributed by atoms with Crippen LogP contribution >= 0.6 is 0 Å². The molecule has 7 nitrogen and oxygen atoms in total. The van der Waals surface area contributed by atoms with E-state index in [4.69, 9.17) is 5.11 Å². The first kappa shape index (κ1) is 23.3. The topological polar surface area (TPSA) is 93.3 Å². The van der Waals surface area contributed by atoms with Gasteiger partial charge in [-0.15, -0.1) is 0 Å². The van der Waals surface area contributed by atoms with E-state index in [0.717, 1.165) is 57.4 Å². The lowest BCUT2D eigenvalue weighted by atomic mass is 9.95. The van der Waals surface area contributed by atoms with Crippen molar-refractivity contribution < 1.29 is 14.3 Å². The molecule has 0 saturated heterocycles. The van der Waals surface area contributed by atoms with E-state index in [-0.39, 0.29) is 29.7 Å². The number of allylic oxidation sites excluding steroid dienone is 1. The van der Waals surface area contributed by atoms with Gasteiger partial charge in [0.15, 0.2) is 0 Å². The number of nitrogens with zero attached hydrogens (tertiary/aromatic N) is 2. The number of anilines is 1. The summed E-state index contributed by atoms with van der Waals surface area (Å²) in [5.74, 6) is -1.51. The average Bonchev–Trinajstić information content (AvgIpc) is 3.32. The van der Waals surface area contributed by atoms with E-state index in [1.807, 2.05) is 0 Å². The van der Waals surface area contributed by atoms with Gasteiger partial charge in [0.1, 0.15) is 5.82 Å². The Morgan fingerprint density at radius 3 is 2.48 bits per heavy atom. The second kappa shape index (κ2) is 10.4. The van der Waals surface area contributed by atoms with Crippen molar-refractivity contribution >= 4 is 22.6 Å². The van der Waals surface area contributed by atoms with Gasteiger partial charge in [0.2, 0.25) is 0 Å². The first-order chi connectivity index (χ1) is 16.0. The highest BCUT2D eigenvalue weighted by Gasteiger charge is 2.24. The molecule has 4 rings (SSSR count). The van der Waals surface area contributed by atoms with Crippen LogP contribution in [0.3, 0.4) is 0 Å². The summed E-state index contributed by atoms with van der Waals surface area (Å²) in [7, 11) is 0. The Morgan fingerprint density at radius 1 is 1.09 bits per heavy atom. The zero-order valence-corrected chi connectivity index (χ0v) is 18.9. The van der Waals surface area contributed by atoms with Gasteiger partial charge in [-0.1, -0.05) is 38.2 Å². The third-order valence-corrected chi connectivity index (χ3v) is 6.93. The fraction of sp³-hybridized carbons (Fsp3) is 0.560. The zero-order chi connectivity index (χ0) is 23.4. The van der Waals surface area contributed by atoms with Gasteiger partial charge >= 0.3 is 11.7 Å². The lowest BCUT2D eigenvalue weighted by Gasteiger charge is -2.25. The summed E-state index contributed by atoms with van der Waals surface area (Å²) in [5, 5.41) is 12.2. The van der Waals surface area contributed by atoms with Gasteiger partial charge in [-0.05, 0) is 50.7 Å². The van der Waals surface area contributed by atoms with E-state index in [1.54, 1.807) is 10.6 Å². The lowest BCUT2D eigenvalue weighted by Crippen LogP contribution is -2.41. The van der Waals surface area contributed by atoms with E-state index < -0.39 is 17.3 Å². The van der Waals surface area contributed by atoms with Gasteiger partial charge in [-0.25, -0.2) is 14.0 Å². The van der Waals surface area contributed by atoms with Gasteiger partial charge in [0.25, 0.3) is 5.56 Å². The molecule has 33 heavy (non-hydrogen) atoms. The summed E-state index contributed by atoms with van der Waals surface area (Å²) in [6, 6.07) is 3.12. The summed E-state index contributed by atoms with van der Waals surface area (Å²) in [5.41, 5.74) is 0.00144. The van der Waals surface area contributed by atoms with Crippen LogP contribution in [0.25, 0.3) is 10.9 Å². The Kier molecular flexibility index (Phi) is 7.30. The maximum absolute atomic E-state index is 15.1. The third-order valence-electron chi connectivity index (χ3n) is 6.93. The molecule has 8 heteroatoms. The van der Waals surface area contributed by atoms with Gasteiger partial charge in [-0.2, -0.15) is 0 Å². The highest BCUT2D eigenvalue weighted by molar-refractivity contribution is 5.82. The second-order valence-electron chi connectivity index (χ2n) is 9.26. The van der Waals surface area contributed by atoms with Crippen molar-refractivity contribution in [3.05, 3.63) is 50.9 Å². The van der Waals surface area contributed by atoms with Crippen molar-refractivity contribution in [2.75, 3.05) is 5.32 Å². The predicted octanol–water partition coefficient (Wildman–Crippen LogP) is 4.58. The highest BCUT2D eigenvalue weighted by Crippen LogP contribution is 2.32. The lowest BCUT2D eigenvalue weighted by molar-refractivity contribution is -0.131. The number of hydrogen-bond donors (Lipinski definition) is 2. The first-order valence-corrected chi connectivity index (χ1v) is 12.1. The molecule has 2 aliphatic rings. The van der Waals surface area contributed by atoms with Crippen LogP contribution in [0.5, 0.6) is 0 Å². The number of rotatable bonds is 8. The van der Waals surface area contributed by atoms with E-state index in [2.05, 4.69) is 5.32 Å². The molecular weight excluding hydrogens is 425 g/mol. The van der Waals surface area contributed by atoms with Gasteiger partial charge in [0, 0.05) is 24.7 Å². The summed E-state index contributed by atoms with van der Waals surface area (Å²) >= 11 is 0. The van der Waals surface area contributed by atoms with Crippen molar-refractivity contribution in [2.45, 2.75) is 89.3 Å². The third kappa shape index (κ3) is 5.20. The number of fused-ring (bicyclic) bond motifs is 1. The van der Waals surface area contributed by atoms with Crippen LogP contribution in [-0.4, -0.2) is 26.3 Å². The molecule has 2 fully saturated rings. The van der Waals surface area contributed by atoms with Gasteiger partial charge < -0.3 is 10.4 Å². The Bertz CT molecular complexity index is 1150. The summed E-state index contributed by atoms with van der Waals surface area (Å²) in [4.78, 5) is 37.3. The first-order valence-electron chi connectivity index (χ1n) is 12.1. The number of aromatic nitrogens is 2. The molecule has 0 unspecified atom stereocenters. The van der Waals surface area contributed by atoms with Crippen LogP contribution in [0, 0.1) is 5.82 Å². The number of halogens is 1. The fourth-order valence-electron chi connectivity index (χ4n) is 5.24. The van der Waals surface area contributed by atoms with Crippen molar-refractivity contribution in [1.82, 2.24) is 9.13 Å². The zero-order valence-electron chi connectivity index (χ0n) is 18.9. The van der Waals surface area contributed by atoms with Crippen LogP contribution in [0.1, 0.15) is 76.7 Å². The number of unbranched alkanes of at least 4 members (excludes halogenated alkanes) is 1. The molecule has 0 aliphatic heterocycles. The van der Waals surface area contributed by atoms with Crippen LogP contribution in [0.4, 0.5) is 10.1 Å². The molecule has 0 atom stereocenters. The molecule has 2 aliphatic carbocycles. The molecule has 2 saturated carbocycles. The normalized spacial score (nSPS) is 17.8. The van der Waals surface area contributed by atoms with Crippen molar-refractivity contribution in [2.24, 2.45) is 0 Å². The minimum absolute atomic E-state index is 0.00764. The Morgan fingerprint density at radius 2 is 1.79 bits per heavy atom. The molecule has 1 aromatic heterocycles. The highest BCUT2D eigenvalue weighted by atomic mass is 19.1. The number of carbonyl (C=O) groups is 1. The van der Waals surface area contributed by atoms with Crippen LogP contribution in [0.2, 0.25) is 0 Å². The van der Waals surface area contributed by atoms with Crippen molar-refractivity contribution in [3.63, 3.8) is 0 Å². The van der Waals surface area contributed by atoms with Gasteiger partial charge in [-0.3, -0.25) is 13.9 Å². The molecule has 2 N–H and O–H groups in total. The van der Waals surface area contributed by atoms with E-state index in [1.165, 1.54) is 23.1 Å². The molecule has 0 radical (unpaired) electrons. The summed E-state index contributed by atoms with van der Waals surface area (Å²) in [6.45, 7) is 0.161. The summed E-state index contributed by atoms with van der Waals surface area (Å²) in [6.07, 6.45) is 12.6. The van der Waals surface area contributed by atoms with Crippen molar-refractivity contribution in [1.29, 1.82) is 0 Å². The van der Waals surface area contributed by atoms with Crippen molar-refractivity contribution in [3.8, 4) is 0 Å². The van der Waals surface area contributed by atoms with E-state index >= 15 is 4.39 Å². The molecule has 0 spiro atoms. The van der Waals surface area contributed by atoms with Gasteiger partial charge in [0.05, 0.1) is 16.6 Å². The standard InChI is InChI=1S/C25H32FN3O4/c26-20-15-19-22(16-21(20)27-17-9-3-1-4-10-17)29(18-11-6-7-12-18)25(33)28(24(19)32)14-8-2-5-13-23(30)31/h5,13,15-18,27H,1-4,6-12,14H2,(H,30,31). The number of carboxylic acids is 1. The Labute approximate surface area is 191 Å². The maximum Gasteiger partial charge on any atom is 0.331 e. The molecule has 0 bridgehead atoms. The predicted molar refractivity (Wildman–Crippen MR) is 126 cm³/mol.